The summed E-state index contributed by atoms with van der Waals surface area (Å²) in [5, 5.41) is 8.73. The Balaban J connectivity index is 1.89. The average Bonchev–Trinajstić information content (AvgIpc) is 2.59. The summed E-state index contributed by atoms with van der Waals surface area (Å²) < 4.78 is 0. The van der Waals surface area contributed by atoms with E-state index in [0.717, 1.165) is 24.4 Å². The molecule has 58 valence electrons. The van der Waals surface area contributed by atoms with Crippen LogP contribution >= 0.6 is 0 Å². The highest BCUT2D eigenvalue weighted by atomic mass is 16.3. The highest BCUT2D eigenvalue weighted by Crippen LogP contribution is 2.41. The van der Waals surface area contributed by atoms with Crippen LogP contribution in [0.2, 0.25) is 0 Å². The Morgan fingerprint density at radius 2 is 2.40 bits per heavy atom. The summed E-state index contributed by atoms with van der Waals surface area (Å²) in [5.41, 5.74) is 0. The molecule has 4 atom stereocenters. The van der Waals surface area contributed by atoms with Crippen LogP contribution in [0, 0.1) is 5.92 Å². The summed E-state index contributed by atoms with van der Waals surface area (Å²) in [6, 6.07) is 1.64. The molecule has 0 bridgehead atoms. The van der Waals surface area contributed by atoms with E-state index in [1.807, 2.05) is 0 Å². The minimum atomic E-state index is 0.377. The first-order valence-electron chi connectivity index (χ1n) is 4.19. The van der Waals surface area contributed by atoms with Crippen molar-refractivity contribution in [1.82, 2.24) is 4.90 Å². The fourth-order valence-corrected chi connectivity index (χ4v) is 2.30. The molecule has 0 aromatic heterocycles. The van der Waals surface area contributed by atoms with E-state index in [1.165, 1.54) is 13.0 Å². The zero-order valence-electron chi connectivity index (χ0n) is 6.45. The van der Waals surface area contributed by atoms with Crippen LogP contribution in [0.25, 0.3) is 0 Å². The molecule has 2 nitrogen and oxygen atoms in total. The van der Waals surface area contributed by atoms with Crippen LogP contribution in [0.1, 0.15) is 19.8 Å². The number of rotatable bonds is 2. The maximum absolute atomic E-state index is 8.73. The summed E-state index contributed by atoms with van der Waals surface area (Å²) >= 11 is 0. The van der Waals surface area contributed by atoms with Crippen LogP contribution in [-0.2, 0) is 0 Å². The molecule has 2 rings (SSSR count). The normalized spacial score (nSPS) is 51.0. The Kier molecular flexibility index (Phi) is 1.46. The summed E-state index contributed by atoms with van der Waals surface area (Å²) in [7, 11) is 0. The third-order valence-corrected chi connectivity index (χ3v) is 2.94. The number of hydrogen-bond acceptors (Lipinski definition) is 2. The van der Waals surface area contributed by atoms with E-state index in [0.29, 0.717) is 6.61 Å². The van der Waals surface area contributed by atoms with Gasteiger partial charge < -0.3 is 5.11 Å². The second-order valence-corrected chi connectivity index (χ2v) is 3.62. The molecule has 2 heteroatoms. The van der Waals surface area contributed by atoms with E-state index in [4.69, 9.17) is 5.11 Å². The number of piperidine rings is 1. The first kappa shape index (κ1) is 6.62. The van der Waals surface area contributed by atoms with Crippen molar-refractivity contribution >= 4 is 0 Å². The standard InChI is InChI=1S/C8H15NO/c1-6-4-7(2-3-10)8-5-9(6)8/h6-8,10H,2-5H2,1H3/t6-,7?,8?,9+/m0/s1. The van der Waals surface area contributed by atoms with Crippen molar-refractivity contribution in [2.24, 2.45) is 5.92 Å². The highest BCUT2D eigenvalue weighted by molar-refractivity contribution is 5.04. The van der Waals surface area contributed by atoms with Gasteiger partial charge in [-0.1, -0.05) is 0 Å². The van der Waals surface area contributed by atoms with Gasteiger partial charge in [0.2, 0.25) is 0 Å². The number of fused-ring (bicyclic) bond motifs is 1. The predicted molar refractivity (Wildman–Crippen MR) is 39.8 cm³/mol. The van der Waals surface area contributed by atoms with Crippen molar-refractivity contribution in [3.8, 4) is 0 Å². The third-order valence-electron chi connectivity index (χ3n) is 2.94. The van der Waals surface area contributed by atoms with Gasteiger partial charge in [-0.25, -0.2) is 0 Å². The molecule has 10 heavy (non-hydrogen) atoms. The fourth-order valence-electron chi connectivity index (χ4n) is 2.30. The Morgan fingerprint density at radius 3 is 2.80 bits per heavy atom. The van der Waals surface area contributed by atoms with E-state index in [9.17, 15) is 0 Å². The Labute approximate surface area is 61.8 Å². The quantitative estimate of drug-likeness (QED) is 0.565. The topological polar surface area (TPSA) is 23.2 Å². The molecule has 2 heterocycles. The largest absolute Gasteiger partial charge is 0.396 e. The lowest BCUT2D eigenvalue weighted by molar-refractivity contribution is 0.257. The zero-order valence-corrected chi connectivity index (χ0v) is 6.45. The van der Waals surface area contributed by atoms with Gasteiger partial charge in [0, 0.05) is 25.2 Å². The van der Waals surface area contributed by atoms with Gasteiger partial charge in [-0.3, -0.25) is 4.90 Å². The lowest BCUT2D eigenvalue weighted by Gasteiger charge is -2.09. The molecule has 2 aliphatic heterocycles. The second kappa shape index (κ2) is 2.21. The van der Waals surface area contributed by atoms with Crippen molar-refractivity contribution in [2.45, 2.75) is 31.8 Å². The Hall–Kier alpha value is -0.0800. The molecule has 0 aromatic carbocycles. The van der Waals surface area contributed by atoms with Gasteiger partial charge in [0.15, 0.2) is 0 Å². The second-order valence-electron chi connectivity index (χ2n) is 3.62. The van der Waals surface area contributed by atoms with Crippen molar-refractivity contribution < 1.29 is 5.11 Å². The molecule has 0 aliphatic carbocycles. The van der Waals surface area contributed by atoms with Crippen molar-refractivity contribution in [3.63, 3.8) is 0 Å². The molecule has 0 spiro atoms. The van der Waals surface area contributed by atoms with Crippen LogP contribution in [0.3, 0.4) is 0 Å². The smallest absolute Gasteiger partial charge is 0.0434 e. The summed E-state index contributed by atoms with van der Waals surface area (Å²) in [6.07, 6.45) is 2.33. The SMILES string of the molecule is C[C@H]1CC(CCO)C2C[N@@]21. The van der Waals surface area contributed by atoms with Crippen molar-refractivity contribution in [3.05, 3.63) is 0 Å². The van der Waals surface area contributed by atoms with E-state index in [2.05, 4.69) is 11.8 Å². The summed E-state index contributed by atoms with van der Waals surface area (Å²) in [4.78, 5) is 2.53. The number of hydrogen-bond donors (Lipinski definition) is 1. The molecule has 0 amide bonds. The molecule has 2 unspecified atom stereocenters. The molecular formula is C8H15NO. The van der Waals surface area contributed by atoms with E-state index in [1.54, 1.807) is 0 Å². The van der Waals surface area contributed by atoms with E-state index < -0.39 is 0 Å². The minimum Gasteiger partial charge on any atom is -0.396 e. The monoisotopic (exact) mass is 141 g/mol. The number of aliphatic hydroxyl groups is 1. The molecule has 0 radical (unpaired) electrons. The Morgan fingerprint density at radius 1 is 1.60 bits per heavy atom. The van der Waals surface area contributed by atoms with Gasteiger partial charge in [0.1, 0.15) is 0 Å². The van der Waals surface area contributed by atoms with Crippen LogP contribution in [0.15, 0.2) is 0 Å². The number of aliphatic hydroxyl groups excluding tert-OH is 1. The lowest BCUT2D eigenvalue weighted by Crippen LogP contribution is -2.11. The fraction of sp³-hybridized carbons (Fsp3) is 1.00. The highest BCUT2D eigenvalue weighted by Gasteiger charge is 2.49. The van der Waals surface area contributed by atoms with Crippen molar-refractivity contribution in [1.29, 1.82) is 0 Å². The van der Waals surface area contributed by atoms with Gasteiger partial charge in [0.25, 0.3) is 0 Å². The van der Waals surface area contributed by atoms with Crippen molar-refractivity contribution in [2.75, 3.05) is 13.2 Å². The van der Waals surface area contributed by atoms with Gasteiger partial charge in [-0.2, -0.15) is 0 Å². The number of nitrogens with zero attached hydrogens (tertiary/aromatic N) is 1. The summed E-state index contributed by atoms with van der Waals surface area (Å²) in [5.74, 6) is 0.806. The molecular weight excluding hydrogens is 126 g/mol. The molecule has 2 aliphatic rings. The molecule has 1 N–H and O–H groups in total. The van der Waals surface area contributed by atoms with Crippen LogP contribution in [-0.4, -0.2) is 35.2 Å². The maximum atomic E-state index is 8.73. The molecule has 2 saturated heterocycles. The average molecular weight is 141 g/mol. The van der Waals surface area contributed by atoms with E-state index >= 15 is 0 Å². The Bertz CT molecular complexity index is 137. The minimum absolute atomic E-state index is 0.377. The zero-order chi connectivity index (χ0) is 7.14. The molecule has 0 aromatic rings. The van der Waals surface area contributed by atoms with Crippen LogP contribution in [0.5, 0.6) is 0 Å². The van der Waals surface area contributed by atoms with Gasteiger partial charge in [-0.15, -0.1) is 0 Å². The first-order valence-corrected chi connectivity index (χ1v) is 4.19. The predicted octanol–water partition coefficient (Wildman–Crippen LogP) is 0.461. The third kappa shape index (κ3) is 0.867. The van der Waals surface area contributed by atoms with Gasteiger partial charge >= 0.3 is 0 Å². The van der Waals surface area contributed by atoms with Crippen LogP contribution < -0.4 is 0 Å². The maximum Gasteiger partial charge on any atom is 0.0434 e. The van der Waals surface area contributed by atoms with Crippen LogP contribution in [0.4, 0.5) is 0 Å². The lowest BCUT2D eigenvalue weighted by atomic mass is 9.97. The van der Waals surface area contributed by atoms with Gasteiger partial charge in [-0.05, 0) is 25.7 Å². The van der Waals surface area contributed by atoms with Gasteiger partial charge in [0.05, 0.1) is 0 Å². The van der Waals surface area contributed by atoms with E-state index in [-0.39, 0.29) is 0 Å². The summed E-state index contributed by atoms with van der Waals surface area (Å²) in [6.45, 7) is 3.96. The molecule has 0 saturated carbocycles. The first-order chi connectivity index (χ1) is 4.83. The molecule has 2 fully saturated rings.